The van der Waals surface area contributed by atoms with Crippen LogP contribution in [0.1, 0.15) is 20.7 Å². The van der Waals surface area contributed by atoms with E-state index in [0.717, 1.165) is 0 Å². The Hall–Kier alpha value is -1.22. The molecule has 2 aromatic heterocycles. The molecule has 0 aliphatic rings. The van der Waals surface area contributed by atoms with Crippen molar-refractivity contribution in [1.29, 1.82) is 0 Å². The molecule has 0 atom stereocenters. The van der Waals surface area contributed by atoms with Gasteiger partial charge in [-0.1, -0.05) is 18.2 Å². The number of aromatic carboxylic acids is 1. The number of pyridine rings is 1. The van der Waals surface area contributed by atoms with Gasteiger partial charge in [-0.3, -0.25) is 4.79 Å². The van der Waals surface area contributed by atoms with Crippen LogP contribution in [0.2, 0.25) is 0 Å². The van der Waals surface area contributed by atoms with Gasteiger partial charge in [0.05, 0.1) is 29.2 Å². The Morgan fingerprint density at radius 2 is 1.87 bits per heavy atom. The third kappa shape index (κ3) is 3.35. The minimum atomic E-state index is -1.25. The molecule has 0 saturated carbocycles. The molecular weight excluding hydrogens is 323 g/mol. The van der Waals surface area contributed by atoms with Crippen molar-refractivity contribution >= 4 is 28.3 Å². The largest absolute Gasteiger partial charge is 1.00 e. The zero-order chi connectivity index (χ0) is 15.7. The average Bonchev–Trinajstić information content (AvgIpc) is 2.86. The summed E-state index contributed by atoms with van der Waals surface area (Å²) in [5, 5.41) is 23.3. The molecule has 2 heterocycles. The van der Waals surface area contributed by atoms with Crippen molar-refractivity contribution in [2.75, 3.05) is 13.2 Å². The molecule has 0 aliphatic heterocycles. The fraction of sp³-hybridized carbons (Fsp3) is 0.125. The monoisotopic (exact) mass is 336 g/mol. The van der Waals surface area contributed by atoms with E-state index in [1.165, 1.54) is 0 Å². The Labute approximate surface area is 174 Å². The summed E-state index contributed by atoms with van der Waals surface area (Å²) in [7, 11) is 0. The van der Waals surface area contributed by atoms with Crippen molar-refractivity contribution in [2.45, 2.75) is 0 Å². The van der Waals surface area contributed by atoms with Gasteiger partial charge in [-0.25, -0.2) is 0 Å². The van der Waals surface area contributed by atoms with Crippen LogP contribution in [0, 0.1) is 0 Å². The summed E-state index contributed by atoms with van der Waals surface area (Å²) in [6.07, 6.45) is 1.58. The second kappa shape index (κ2) is 7.56. The number of fused-ring (bicyclic) bond motifs is 3. The van der Waals surface area contributed by atoms with Gasteiger partial charge in [-0.2, -0.15) is 0 Å². The Balaban J connectivity index is 0.00000192. The summed E-state index contributed by atoms with van der Waals surface area (Å²) in [4.78, 5) is 23.4. The van der Waals surface area contributed by atoms with Crippen LogP contribution < -0.4 is 61.8 Å². The SMILES string of the molecule is O=C(NCCO)c1ccc2c(C(=O)[O-])c3ccccc3n2c1.[K+]. The molecule has 0 radical (unpaired) electrons. The summed E-state index contributed by atoms with van der Waals surface area (Å²) in [5.74, 6) is -1.58. The molecule has 0 aliphatic carbocycles. The maximum atomic E-state index is 12.0. The molecular formula is C16H13KN2O4. The molecule has 2 N–H and O–H groups in total. The van der Waals surface area contributed by atoms with Crippen LogP contribution in [0.3, 0.4) is 0 Å². The number of hydrogen-bond acceptors (Lipinski definition) is 4. The Bertz CT molecular complexity index is 888. The van der Waals surface area contributed by atoms with Crippen LogP contribution in [-0.4, -0.2) is 34.5 Å². The number of carboxylic acid groups (broad SMARTS) is 1. The second-order valence-electron chi connectivity index (χ2n) is 4.83. The molecule has 0 fully saturated rings. The average molecular weight is 336 g/mol. The van der Waals surface area contributed by atoms with Crippen LogP contribution >= 0.6 is 0 Å². The Morgan fingerprint density at radius 3 is 2.57 bits per heavy atom. The van der Waals surface area contributed by atoms with E-state index in [1.807, 2.05) is 0 Å². The maximum Gasteiger partial charge on any atom is 1.00 e. The van der Waals surface area contributed by atoms with E-state index in [4.69, 9.17) is 5.11 Å². The van der Waals surface area contributed by atoms with E-state index < -0.39 is 5.97 Å². The number of para-hydroxylation sites is 1. The number of aliphatic hydroxyl groups is 1. The predicted octanol–water partition coefficient (Wildman–Crippen LogP) is -2.82. The van der Waals surface area contributed by atoms with Gasteiger partial charge >= 0.3 is 51.4 Å². The summed E-state index contributed by atoms with van der Waals surface area (Å²) in [6, 6.07) is 10.2. The number of carbonyl (C=O) groups is 2. The molecule has 0 saturated heterocycles. The molecule has 0 unspecified atom stereocenters. The first kappa shape index (κ1) is 18.1. The molecule has 1 aromatic carbocycles. The van der Waals surface area contributed by atoms with Gasteiger partial charge in [0.25, 0.3) is 5.91 Å². The van der Waals surface area contributed by atoms with Crippen molar-refractivity contribution in [1.82, 2.24) is 9.72 Å². The first-order chi connectivity index (χ1) is 10.6. The molecule has 0 spiro atoms. The minimum absolute atomic E-state index is 0. The molecule has 1 amide bonds. The van der Waals surface area contributed by atoms with Crippen molar-refractivity contribution in [3.63, 3.8) is 0 Å². The van der Waals surface area contributed by atoms with E-state index >= 15 is 0 Å². The van der Waals surface area contributed by atoms with Crippen molar-refractivity contribution in [3.05, 3.63) is 53.7 Å². The van der Waals surface area contributed by atoms with Gasteiger partial charge in [0.15, 0.2) is 0 Å². The molecule has 112 valence electrons. The topological polar surface area (TPSA) is 93.9 Å². The first-order valence-electron chi connectivity index (χ1n) is 6.76. The number of rotatable bonds is 4. The fourth-order valence-electron chi connectivity index (χ4n) is 2.56. The maximum absolute atomic E-state index is 12.0. The van der Waals surface area contributed by atoms with E-state index in [-0.39, 0.29) is 76.0 Å². The van der Waals surface area contributed by atoms with Gasteiger partial charge in [-0.05, 0) is 18.2 Å². The molecule has 6 nitrogen and oxygen atoms in total. The number of carboxylic acids is 1. The predicted molar refractivity (Wildman–Crippen MR) is 78.7 cm³/mol. The standard InChI is InChI=1S/C16H14N2O4.K/c19-8-7-17-15(20)10-5-6-13-14(16(21)22)11-3-1-2-4-12(11)18(13)9-10;/h1-6,9,19H,7-8H2,(H,17,20)(H,21,22);/q;+1/p-1. The molecule has 3 aromatic rings. The van der Waals surface area contributed by atoms with Crippen LogP contribution in [-0.2, 0) is 0 Å². The van der Waals surface area contributed by atoms with Crippen molar-refractivity contribution in [3.8, 4) is 0 Å². The third-order valence-corrected chi connectivity index (χ3v) is 3.50. The summed E-state index contributed by atoms with van der Waals surface area (Å²) in [6.45, 7) is 0.0167. The third-order valence-electron chi connectivity index (χ3n) is 3.50. The number of nitrogens with zero attached hydrogens (tertiary/aromatic N) is 1. The van der Waals surface area contributed by atoms with Gasteiger partial charge in [0, 0.05) is 23.7 Å². The van der Waals surface area contributed by atoms with Gasteiger partial charge < -0.3 is 24.7 Å². The van der Waals surface area contributed by atoms with Crippen LogP contribution in [0.5, 0.6) is 0 Å². The zero-order valence-corrected chi connectivity index (χ0v) is 15.7. The van der Waals surface area contributed by atoms with Crippen LogP contribution in [0.4, 0.5) is 0 Å². The summed E-state index contributed by atoms with van der Waals surface area (Å²) < 4.78 is 1.66. The van der Waals surface area contributed by atoms with Crippen molar-refractivity contribution < 1.29 is 71.2 Å². The zero-order valence-electron chi connectivity index (χ0n) is 12.6. The normalized spacial score (nSPS) is 10.5. The molecule has 0 bridgehead atoms. The summed E-state index contributed by atoms with van der Waals surface area (Å²) >= 11 is 0. The number of hydrogen-bond donors (Lipinski definition) is 2. The van der Waals surface area contributed by atoms with Crippen molar-refractivity contribution in [2.24, 2.45) is 0 Å². The number of benzene rings is 1. The molecule has 3 rings (SSSR count). The number of amides is 1. The molecule has 23 heavy (non-hydrogen) atoms. The summed E-state index contributed by atoms with van der Waals surface area (Å²) in [5.41, 5.74) is 1.65. The van der Waals surface area contributed by atoms with E-state index in [2.05, 4.69) is 5.32 Å². The van der Waals surface area contributed by atoms with Crippen LogP contribution in [0.25, 0.3) is 16.4 Å². The first-order valence-corrected chi connectivity index (χ1v) is 6.76. The van der Waals surface area contributed by atoms with Gasteiger partial charge in [-0.15, -0.1) is 0 Å². The number of aromatic nitrogens is 1. The van der Waals surface area contributed by atoms with Gasteiger partial charge in [0.2, 0.25) is 0 Å². The number of carbonyl (C=O) groups excluding carboxylic acids is 2. The Kier molecular flexibility index (Phi) is 5.96. The van der Waals surface area contributed by atoms with E-state index in [1.54, 1.807) is 47.0 Å². The minimum Gasteiger partial charge on any atom is -0.545 e. The van der Waals surface area contributed by atoms with Gasteiger partial charge in [0.1, 0.15) is 0 Å². The second-order valence-corrected chi connectivity index (χ2v) is 4.83. The Morgan fingerprint density at radius 1 is 1.13 bits per heavy atom. The van der Waals surface area contributed by atoms with E-state index in [9.17, 15) is 14.7 Å². The molecule has 7 heteroatoms. The van der Waals surface area contributed by atoms with Crippen LogP contribution in [0.15, 0.2) is 42.6 Å². The fourth-order valence-corrected chi connectivity index (χ4v) is 2.56. The quantitative estimate of drug-likeness (QED) is 0.503. The number of nitrogens with one attached hydrogen (secondary N) is 1. The van der Waals surface area contributed by atoms with E-state index in [0.29, 0.717) is 22.0 Å². The smallest absolute Gasteiger partial charge is 0.545 e. The number of aliphatic hydroxyl groups excluding tert-OH is 1.